The zero-order valence-corrected chi connectivity index (χ0v) is 19.8. The number of amides is 1. The largest absolute Gasteiger partial charge is 0.322 e. The molecule has 0 atom stereocenters. The van der Waals surface area contributed by atoms with Gasteiger partial charge in [-0.15, -0.1) is 0 Å². The van der Waals surface area contributed by atoms with Crippen molar-refractivity contribution in [3.8, 4) is 5.69 Å². The molecule has 1 aromatic heterocycles. The fourth-order valence-corrected chi connectivity index (χ4v) is 4.75. The van der Waals surface area contributed by atoms with Crippen LogP contribution in [0, 0.1) is 13.8 Å². The van der Waals surface area contributed by atoms with Crippen LogP contribution >= 0.6 is 0 Å². The van der Waals surface area contributed by atoms with E-state index >= 15 is 0 Å². The molecule has 0 saturated heterocycles. The number of sulfonamides is 1. The van der Waals surface area contributed by atoms with E-state index < -0.39 is 21.5 Å². The van der Waals surface area contributed by atoms with Gasteiger partial charge in [-0.3, -0.25) is 19.0 Å². The normalized spacial score (nSPS) is 11.3. The third kappa shape index (κ3) is 4.38. The molecule has 4 rings (SSSR count). The van der Waals surface area contributed by atoms with Crippen molar-refractivity contribution in [1.29, 1.82) is 0 Å². The summed E-state index contributed by atoms with van der Waals surface area (Å²) < 4.78 is 31.7. The van der Waals surface area contributed by atoms with Crippen molar-refractivity contribution in [2.75, 3.05) is 10.0 Å². The second-order valence-electron chi connectivity index (χ2n) is 7.84. The van der Waals surface area contributed by atoms with E-state index in [2.05, 4.69) is 10.0 Å². The Kier molecular flexibility index (Phi) is 6.12. The van der Waals surface area contributed by atoms with Crippen LogP contribution in [0.3, 0.4) is 0 Å². The third-order valence-electron chi connectivity index (χ3n) is 5.59. The lowest BCUT2D eigenvalue weighted by atomic mass is 10.1. The molecule has 34 heavy (non-hydrogen) atoms. The first-order valence-electron chi connectivity index (χ1n) is 10.5. The van der Waals surface area contributed by atoms with E-state index in [1.165, 1.54) is 28.9 Å². The Bertz CT molecular complexity index is 1540. The lowest BCUT2D eigenvalue weighted by Crippen LogP contribution is -2.23. The first-order valence-corrected chi connectivity index (χ1v) is 12.0. The fourth-order valence-electron chi connectivity index (χ4n) is 3.59. The number of aryl methyl sites for hydroxylation is 1. The molecule has 4 aromatic rings. The van der Waals surface area contributed by atoms with Gasteiger partial charge >= 0.3 is 0 Å². The van der Waals surface area contributed by atoms with Gasteiger partial charge in [0.25, 0.3) is 21.5 Å². The van der Waals surface area contributed by atoms with E-state index in [0.29, 0.717) is 17.1 Å². The number of hydrogen-bond acceptors (Lipinski definition) is 4. The number of rotatable bonds is 6. The van der Waals surface area contributed by atoms with Crippen LogP contribution in [0.15, 0.2) is 88.6 Å². The van der Waals surface area contributed by atoms with Gasteiger partial charge < -0.3 is 5.32 Å². The Morgan fingerprint density at radius 1 is 0.882 bits per heavy atom. The van der Waals surface area contributed by atoms with Gasteiger partial charge in [0.1, 0.15) is 5.69 Å². The Hall–Kier alpha value is -4.11. The number of nitrogens with zero attached hydrogens (tertiary/aromatic N) is 2. The lowest BCUT2D eigenvalue weighted by molar-refractivity contribution is 0.102. The molecular weight excluding hydrogens is 452 g/mol. The predicted molar refractivity (Wildman–Crippen MR) is 132 cm³/mol. The van der Waals surface area contributed by atoms with Gasteiger partial charge in [0.2, 0.25) is 0 Å². The molecular formula is C25H24N4O4S. The summed E-state index contributed by atoms with van der Waals surface area (Å²) in [6.45, 7) is 3.52. The number of carbonyl (C=O) groups is 1. The number of benzene rings is 3. The molecule has 0 spiro atoms. The van der Waals surface area contributed by atoms with Gasteiger partial charge in [-0.05, 0) is 55.8 Å². The molecule has 2 N–H and O–H groups in total. The average molecular weight is 477 g/mol. The maximum Gasteiger partial charge on any atom is 0.296 e. The van der Waals surface area contributed by atoms with Crippen LogP contribution in [-0.2, 0) is 17.1 Å². The summed E-state index contributed by atoms with van der Waals surface area (Å²) in [6.07, 6.45) is 0. The summed E-state index contributed by atoms with van der Waals surface area (Å²) in [6, 6.07) is 21.9. The molecule has 1 amide bonds. The highest BCUT2D eigenvalue weighted by Gasteiger charge is 2.23. The summed E-state index contributed by atoms with van der Waals surface area (Å²) in [5.41, 5.74) is 2.21. The van der Waals surface area contributed by atoms with Crippen LogP contribution in [0.25, 0.3) is 5.69 Å². The van der Waals surface area contributed by atoms with Crippen molar-refractivity contribution in [2.24, 2.45) is 7.05 Å². The molecule has 0 radical (unpaired) electrons. The van der Waals surface area contributed by atoms with Crippen LogP contribution in [0.2, 0.25) is 0 Å². The van der Waals surface area contributed by atoms with E-state index in [9.17, 15) is 18.0 Å². The highest BCUT2D eigenvalue weighted by Crippen LogP contribution is 2.21. The Morgan fingerprint density at radius 3 is 2.26 bits per heavy atom. The zero-order valence-electron chi connectivity index (χ0n) is 18.9. The van der Waals surface area contributed by atoms with E-state index in [4.69, 9.17) is 0 Å². The van der Waals surface area contributed by atoms with Gasteiger partial charge in [-0.2, -0.15) is 0 Å². The first-order chi connectivity index (χ1) is 16.2. The minimum absolute atomic E-state index is 0.0545. The highest BCUT2D eigenvalue weighted by molar-refractivity contribution is 7.92. The number of aromatic nitrogens is 2. The molecule has 0 bridgehead atoms. The molecule has 8 nitrogen and oxygen atoms in total. The van der Waals surface area contributed by atoms with Gasteiger partial charge in [-0.1, -0.05) is 42.5 Å². The average Bonchev–Trinajstić information content (AvgIpc) is 3.04. The minimum atomic E-state index is -4.14. The maximum atomic E-state index is 13.2. The quantitative estimate of drug-likeness (QED) is 0.441. The first kappa shape index (κ1) is 23.1. The number of carbonyl (C=O) groups excluding carboxylic acids is 1. The number of anilines is 2. The molecule has 0 saturated carbocycles. The van der Waals surface area contributed by atoms with Crippen molar-refractivity contribution in [3.63, 3.8) is 0 Å². The van der Waals surface area contributed by atoms with Crippen molar-refractivity contribution in [1.82, 2.24) is 9.36 Å². The molecule has 1 heterocycles. The third-order valence-corrected chi connectivity index (χ3v) is 6.94. The van der Waals surface area contributed by atoms with Gasteiger partial charge in [0, 0.05) is 18.3 Å². The van der Waals surface area contributed by atoms with Crippen LogP contribution < -0.4 is 15.6 Å². The Labute approximate surface area is 197 Å². The Morgan fingerprint density at radius 2 is 1.56 bits per heavy atom. The van der Waals surface area contributed by atoms with Crippen molar-refractivity contribution in [3.05, 3.63) is 106 Å². The highest BCUT2D eigenvalue weighted by atomic mass is 32.2. The van der Waals surface area contributed by atoms with Gasteiger partial charge in [-0.25, -0.2) is 13.1 Å². The van der Waals surface area contributed by atoms with Gasteiger partial charge in [0.15, 0.2) is 0 Å². The molecule has 3 aromatic carbocycles. The fraction of sp³-hybridized carbons (Fsp3) is 0.120. The van der Waals surface area contributed by atoms with E-state index in [0.717, 1.165) is 5.56 Å². The van der Waals surface area contributed by atoms with Crippen LogP contribution in [0.1, 0.15) is 21.6 Å². The van der Waals surface area contributed by atoms with E-state index in [1.54, 1.807) is 55.1 Å². The summed E-state index contributed by atoms with van der Waals surface area (Å²) in [4.78, 5) is 25.7. The molecule has 9 heteroatoms. The molecule has 174 valence electrons. The van der Waals surface area contributed by atoms with E-state index in [-0.39, 0.29) is 16.1 Å². The van der Waals surface area contributed by atoms with Crippen LogP contribution in [0.4, 0.5) is 11.4 Å². The number of para-hydroxylation sites is 2. The minimum Gasteiger partial charge on any atom is -0.322 e. The van der Waals surface area contributed by atoms with E-state index in [1.807, 2.05) is 25.1 Å². The molecule has 0 fully saturated rings. The van der Waals surface area contributed by atoms with Crippen molar-refractivity contribution < 1.29 is 13.2 Å². The summed E-state index contributed by atoms with van der Waals surface area (Å²) in [5.74, 6) is -0.436. The molecule has 0 aliphatic rings. The van der Waals surface area contributed by atoms with Crippen LogP contribution in [0.5, 0.6) is 0 Å². The standard InChI is InChI=1S/C25H24N4O4S/c1-17-10-7-8-15-22(17)26-24(30)19-11-9-14-21(16-19)34(32,33)27-23-18(2)28(3)29(25(23)31)20-12-5-4-6-13-20/h4-16,27H,1-3H3,(H,26,30). The van der Waals surface area contributed by atoms with Crippen LogP contribution in [-0.4, -0.2) is 23.7 Å². The monoisotopic (exact) mass is 476 g/mol. The topological polar surface area (TPSA) is 102 Å². The summed E-state index contributed by atoms with van der Waals surface area (Å²) >= 11 is 0. The predicted octanol–water partition coefficient (Wildman–Crippen LogP) is 3.85. The van der Waals surface area contributed by atoms with Crippen molar-refractivity contribution >= 4 is 27.3 Å². The lowest BCUT2D eigenvalue weighted by Gasteiger charge is -2.10. The molecule has 0 aliphatic carbocycles. The maximum absolute atomic E-state index is 13.2. The SMILES string of the molecule is Cc1ccccc1NC(=O)c1cccc(S(=O)(=O)Nc2c(C)n(C)n(-c3ccccc3)c2=O)c1. The zero-order chi connectivity index (χ0) is 24.5. The Balaban J connectivity index is 1.65. The summed E-state index contributed by atoms with van der Waals surface area (Å²) in [5, 5.41) is 2.79. The molecule has 0 unspecified atom stereocenters. The summed E-state index contributed by atoms with van der Waals surface area (Å²) in [7, 11) is -2.46. The number of hydrogen-bond donors (Lipinski definition) is 2. The smallest absolute Gasteiger partial charge is 0.296 e. The van der Waals surface area contributed by atoms with Crippen molar-refractivity contribution in [2.45, 2.75) is 18.7 Å². The number of nitrogens with one attached hydrogen (secondary N) is 2. The van der Waals surface area contributed by atoms with Gasteiger partial charge in [0.05, 0.1) is 16.3 Å². The second-order valence-corrected chi connectivity index (χ2v) is 9.52. The second kappa shape index (κ2) is 9.03. The molecule has 0 aliphatic heterocycles.